The summed E-state index contributed by atoms with van der Waals surface area (Å²) in [6.07, 6.45) is 1.41. The molecule has 2 aromatic rings. The van der Waals surface area contributed by atoms with Crippen LogP contribution in [0.1, 0.15) is 24.6 Å². The Bertz CT molecular complexity index is 749. The zero-order valence-corrected chi connectivity index (χ0v) is 11.9. The van der Waals surface area contributed by atoms with Gasteiger partial charge in [-0.25, -0.2) is 4.79 Å². The van der Waals surface area contributed by atoms with Gasteiger partial charge in [-0.05, 0) is 18.1 Å². The Morgan fingerprint density at radius 2 is 2.10 bits per heavy atom. The molecule has 4 rings (SSSR count). The lowest BCUT2D eigenvalue weighted by molar-refractivity contribution is -0.128. The molecule has 0 saturated carbocycles. The average molecular weight is 283 g/mol. The van der Waals surface area contributed by atoms with E-state index in [0.29, 0.717) is 19.5 Å². The molecule has 5 nitrogen and oxygen atoms in total. The molecular weight excluding hydrogens is 266 g/mol. The SMILES string of the molecule is CCCN1C(=O)[C@@H]2Cc3c([nH]c4ccccc34)CN2C1=O. The number of benzene rings is 1. The fraction of sp³-hybridized carbons (Fsp3) is 0.375. The Hall–Kier alpha value is -2.30. The van der Waals surface area contributed by atoms with E-state index in [2.05, 4.69) is 11.1 Å². The minimum Gasteiger partial charge on any atom is -0.357 e. The molecule has 5 heteroatoms. The maximum absolute atomic E-state index is 12.5. The molecule has 0 unspecified atom stereocenters. The Morgan fingerprint density at radius 3 is 2.90 bits per heavy atom. The predicted molar refractivity (Wildman–Crippen MR) is 78.7 cm³/mol. The second-order valence-electron chi connectivity index (χ2n) is 5.75. The van der Waals surface area contributed by atoms with Crippen molar-refractivity contribution in [1.82, 2.24) is 14.8 Å². The molecule has 1 aromatic carbocycles. The number of fused-ring (bicyclic) bond motifs is 4. The number of aromatic nitrogens is 1. The molecule has 1 atom stereocenters. The van der Waals surface area contributed by atoms with E-state index in [4.69, 9.17) is 0 Å². The van der Waals surface area contributed by atoms with Crippen molar-refractivity contribution in [3.8, 4) is 0 Å². The maximum atomic E-state index is 12.5. The van der Waals surface area contributed by atoms with Crippen LogP contribution in [0.5, 0.6) is 0 Å². The highest BCUT2D eigenvalue weighted by molar-refractivity contribution is 6.05. The van der Waals surface area contributed by atoms with Gasteiger partial charge < -0.3 is 9.88 Å². The summed E-state index contributed by atoms with van der Waals surface area (Å²) in [4.78, 5) is 31.3. The molecule has 1 N–H and O–H groups in total. The monoisotopic (exact) mass is 283 g/mol. The molecule has 0 radical (unpaired) electrons. The average Bonchev–Trinajstić information content (AvgIpc) is 2.97. The van der Waals surface area contributed by atoms with Gasteiger partial charge in [-0.3, -0.25) is 9.69 Å². The highest BCUT2D eigenvalue weighted by Gasteiger charge is 2.47. The standard InChI is InChI=1S/C16H17N3O2/c1-2-7-18-15(20)14-8-11-10-5-3-4-6-12(10)17-13(11)9-19(14)16(18)21/h3-6,14,17H,2,7-9H2,1H3/t14-/m0/s1. The van der Waals surface area contributed by atoms with Gasteiger partial charge in [-0.15, -0.1) is 0 Å². The van der Waals surface area contributed by atoms with E-state index in [0.717, 1.165) is 17.6 Å². The summed E-state index contributed by atoms with van der Waals surface area (Å²) in [5.41, 5.74) is 3.33. The zero-order chi connectivity index (χ0) is 14.6. The fourth-order valence-electron chi connectivity index (χ4n) is 3.49. The quantitative estimate of drug-likeness (QED) is 0.860. The number of hydrogen-bond acceptors (Lipinski definition) is 2. The summed E-state index contributed by atoms with van der Waals surface area (Å²) in [5.74, 6) is -0.0437. The largest absolute Gasteiger partial charge is 0.357 e. The van der Waals surface area contributed by atoms with Crippen LogP contribution in [-0.4, -0.2) is 39.3 Å². The molecule has 2 aliphatic heterocycles. The van der Waals surface area contributed by atoms with Gasteiger partial charge in [0, 0.05) is 29.6 Å². The second kappa shape index (κ2) is 4.35. The van der Waals surface area contributed by atoms with Crippen LogP contribution in [0.15, 0.2) is 24.3 Å². The van der Waals surface area contributed by atoms with E-state index in [1.165, 1.54) is 15.8 Å². The van der Waals surface area contributed by atoms with Gasteiger partial charge in [0.2, 0.25) is 0 Å². The third-order valence-electron chi connectivity index (χ3n) is 4.48. The highest BCUT2D eigenvalue weighted by Crippen LogP contribution is 2.34. The minimum absolute atomic E-state index is 0.0437. The van der Waals surface area contributed by atoms with Gasteiger partial charge in [0.25, 0.3) is 5.91 Å². The lowest BCUT2D eigenvalue weighted by Crippen LogP contribution is -2.39. The van der Waals surface area contributed by atoms with Gasteiger partial charge in [0.15, 0.2) is 0 Å². The molecule has 2 aliphatic rings. The van der Waals surface area contributed by atoms with Crippen molar-refractivity contribution in [3.63, 3.8) is 0 Å². The molecule has 0 bridgehead atoms. The molecule has 1 fully saturated rings. The van der Waals surface area contributed by atoms with Crippen molar-refractivity contribution < 1.29 is 9.59 Å². The van der Waals surface area contributed by atoms with Gasteiger partial charge in [-0.2, -0.15) is 0 Å². The van der Waals surface area contributed by atoms with Crippen molar-refractivity contribution in [2.24, 2.45) is 0 Å². The highest BCUT2D eigenvalue weighted by atomic mass is 16.2. The third-order valence-corrected chi connectivity index (χ3v) is 4.48. The fourth-order valence-corrected chi connectivity index (χ4v) is 3.49. The van der Waals surface area contributed by atoms with Crippen LogP contribution < -0.4 is 0 Å². The number of imide groups is 1. The first-order chi connectivity index (χ1) is 10.2. The lowest BCUT2D eigenvalue weighted by atomic mass is 9.97. The van der Waals surface area contributed by atoms with Crippen LogP contribution in [0, 0.1) is 0 Å². The third kappa shape index (κ3) is 1.63. The summed E-state index contributed by atoms with van der Waals surface area (Å²) in [6, 6.07) is 7.64. The number of carbonyl (C=O) groups is 2. The van der Waals surface area contributed by atoms with Gasteiger partial charge in [0.1, 0.15) is 6.04 Å². The molecule has 0 spiro atoms. The summed E-state index contributed by atoms with van der Waals surface area (Å²) >= 11 is 0. The first kappa shape index (κ1) is 12.4. The number of urea groups is 1. The Labute approximate surface area is 122 Å². The number of aromatic amines is 1. The molecule has 3 amide bonds. The Balaban J connectivity index is 1.76. The van der Waals surface area contributed by atoms with Gasteiger partial charge in [0.05, 0.1) is 6.54 Å². The van der Waals surface area contributed by atoms with E-state index in [1.54, 1.807) is 4.90 Å². The number of para-hydroxylation sites is 1. The van der Waals surface area contributed by atoms with Crippen LogP contribution in [0.2, 0.25) is 0 Å². The zero-order valence-electron chi connectivity index (χ0n) is 11.9. The molecule has 3 heterocycles. The van der Waals surface area contributed by atoms with Crippen LogP contribution in [0.3, 0.4) is 0 Å². The second-order valence-corrected chi connectivity index (χ2v) is 5.75. The van der Waals surface area contributed by atoms with Crippen LogP contribution >= 0.6 is 0 Å². The van der Waals surface area contributed by atoms with E-state index in [1.807, 2.05) is 25.1 Å². The first-order valence-corrected chi connectivity index (χ1v) is 7.41. The minimum atomic E-state index is -0.323. The smallest absolute Gasteiger partial charge is 0.327 e. The molecule has 1 aromatic heterocycles. The number of rotatable bonds is 2. The van der Waals surface area contributed by atoms with Crippen LogP contribution in [-0.2, 0) is 17.8 Å². The Kier molecular flexibility index (Phi) is 2.58. The van der Waals surface area contributed by atoms with Crippen molar-refractivity contribution in [1.29, 1.82) is 0 Å². The predicted octanol–water partition coefficient (Wildman–Crippen LogP) is 2.27. The van der Waals surface area contributed by atoms with E-state index < -0.39 is 0 Å². The van der Waals surface area contributed by atoms with Crippen molar-refractivity contribution in [2.45, 2.75) is 32.4 Å². The summed E-state index contributed by atoms with van der Waals surface area (Å²) in [6.45, 7) is 2.99. The number of hydrogen-bond donors (Lipinski definition) is 1. The molecule has 1 saturated heterocycles. The first-order valence-electron chi connectivity index (χ1n) is 7.41. The van der Waals surface area contributed by atoms with Crippen molar-refractivity contribution >= 4 is 22.8 Å². The van der Waals surface area contributed by atoms with Crippen molar-refractivity contribution in [3.05, 3.63) is 35.5 Å². The number of nitrogens with one attached hydrogen (secondary N) is 1. The molecule has 0 aliphatic carbocycles. The summed E-state index contributed by atoms with van der Waals surface area (Å²) in [7, 11) is 0. The molecular formula is C16H17N3O2. The molecule has 108 valence electrons. The van der Waals surface area contributed by atoms with E-state index in [9.17, 15) is 9.59 Å². The Morgan fingerprint density at radius 1 is 1.29 bits per heavy atom. The van der Waals surface area contributed by atoms with Gasteiger partial charge in [-0.1, -0.05) is 25.1 Å². The van der Waals surface area contributed by atoms with Crippen molar-refractivity contribution in [2.75, 3.05) is 6.54 Å². The van der Waals surface area contributed by atoms with Crippen LogP contribution in [0.25, 0.3) is 10.9 Å². The normalized spacial score (nSPS) is 21.1. The van der Waals surface area contributed by atoms with Gasteiger partial charge >= 0.3 is 6.03 Å². The van der Waals surface area contributed by atoms with E-state index >= 15 is 0 Å². The number of carbonyl (C=O) groups excluding carboxylic acids is 2. The summed E-state index contributed by atoms with van der Waals surface area (Å²) in [5, 5.41) is 1.17. The molecule has 21 heavy (non-hydrogen) atoms. The number of H-pyrrole nitrogens is 1. The van der Waals surface area contributed by atoms with E-state index in [-0.39, 0.29) is 18.0 Å². The number of nitrogens with zero attached hydrogens (tertiary/aromatic N) is 2. The topological polar surface area (TPSA) is 56.4 Å². The summed E-state index contributed by atoms with van der Waals surface area (Å²) < 4.78 is 0. The number of amides is 3. The van der Waals surface area contributed by atoms with Crippen LogP contribution in [0.4, 0.5) is 4.79 Å². The maximum Gasteiger partial charge on any atom is 0.327 e. The lowest BCUT2D eigenvalue weighted by Gasteiger charge is -2.26.